The van der Waals surface area contributed by atoms with Gasteiger partial charge in [0.15, 0.2) is 0 Å². The molecule has 0 saturated carbocycles. The topological polar surface area (TPSA) is 46.1 Å². The predicted molar refractivity (Wildman–Crippen MR) is 85.7 cm³/mol. The van der Waals surface area contributed by atoms with Gasteiger partial charge in [-0.15, -0.1) is 0 Å². The van der Waals surface area contributed by atoms with Crippen LogP contribution in [-0.2, 0) is 6.18 Å². The van der Waals surface area contributed by atoms with Crippen LogP contribution in [0.2, 0.25) is 0 Å². The number of hydrogen-bond donors (Lipinski definition) is 0. The summed E-state index contributed by atoms with van der Waals surface area (Å²) in [5.74, 6) is -0.287. The van der Waals surface area contributed by atoms with Crippen molar-refractivity contribution in [2.45, 2.75) is 37.9 Å². The van der Waals surface area contributed by atoms with Crippen LogP contribution >= 0.6 is 0 Å². The van der Waals surface area contributed by atoms with Crippen LogP contribution in [0, 0.1) is 0 Å². The van der Waals surface area contributed by atoms with Crippen molar-refractivity contribution in [3.05, 3.63) is 59.7 Å². The molecule has 1 amide bonds. The number of nitrogens with zero attached hydrogens (tertiary/aromatic N) is 3. The first-order chi connectivity index (χ1) is 12.0. The quantitative estimate of drug-likeness (QED) is 0.814. The van der Waals surface area contributed by atoms with E-state index in [1.807, 2.05) is 12.1 Å². The molecule has 0 N–H and O–H groups in total. The first-order valence-electron chi connectivity index (χ1n) is 8.21. The molecule has 1 atom stereocenters. The summed E-state index contributed by atoms with van der Waals surface area (Å²) < 4.78 is 37.9. The molecule has 0 bridgehead atoms. The molecule has 1 aliphatic heterocycles. The number of likely N-dealkylation sites (tertiary alicyclic amines) is 1. The van der Waals surface area contributed by atoms with Crippen molar-refractivity contribution in [1.82, 2.24) is 14.9 Å². The number of amides is 1. The molecule has 0 unspecified atom stereocenters. The van der Waals surface area contributed by atoms with E-state index in [0.29, 0.717) is 6.54 Å². The van der Waals surface area contributed by atoms with Crippen LogP contribution in [0.1, 0.15) is 53.3 Å². The molecule has 0 aromatic carbocycles. The van der Waals surface area contributed by atoms with Crippen molar-refractivity contribution in [2.24, 2.45) is 0 Å². The SMILES string of the molecule is O=C(c1ccc(C(F)(F)F)nc1)N1CCCCC[C@@H]1c1ccncc1. The monoisotopic (exact) mass is 349 g/mol. The number of rotatable bonds is 2. The minimum atomic E-state index is -4.51. The lowest BCUT2D eigenvalue weighted by molar-refractivity contribution is -0.141. The van der Waals surface area contributed by atoms with E-state index in [0.717, 1.165) is 43.5 Å². The Morgan fingerprint density at radius 2 is 1.84 bits per heavy atom. The summed E-state index contributed by atoms with van der Waals surface area (Å²) in [7, 11) is 0. The average molecular weight is 349 g/mol. The van der Waals surface area contributed by atoms with Crippen LogP contribution in [0.4, 0.5) is 13.2 Å². The number of carbonyl (C=O) groups excluding carboxylic acids is 1. The fourth-order valence-electron chi connectivity index (χ4n) is 3.14. The van der Waals surface area contributed by atoms with Crippen LogP contribution in [0.15, 0.2) is 42.9 Å². The molecule has 0 spiro atoms. The zero-order chi connectivity index (χ0) is 17.9. The third kappa shape index (κ3) is 3.97. The molecule has 4 nitrogen and oxygen atoms in total. The van der Waals surface area contributed by atoms with E-state index < -0.39 is 11.9 Å². The molecule has 1 aliphatic rings. The average Bonchev–Trinajstić information content (AvgIpc) is 2.87. The van der Waals surface area contributed by atoms with Gasteiger partial charge in [-0.05, 0) is 42.7 Å². The van der Waals surface area contributed by atoms with E-state index in [2.05, 4.69) is 9.97 Å². The lowest BCUT2D eigenvalue weighted by Gasteiger charge is -2.30. The third-order valence-corrected chi connectivity index (χ3v) is 4.41. The zero-order valence-electron chi connectivity index (χ0n) is 13.5. The van der Waals surface area contributed by atoms with Crippen LogP contribution in [0.3, 0.4) is 0 Å². The van der Waals surface area contributed by atoms with Crippen molar-refractivity contribution >= 4 is 5.91 Å². The molecule has 2 aromatic rings. The van der Waals surface area contributed by atoms with Gasteiger partial charge in [0.05, 0.1) is 11.6 Å². The fraction of sp³-hybridized carbons (Fsp3) is 0.389. The van der Waals surface area contributed by atoms with Crippen LogP contribution in [0.25, 0.3) is 0 Å². The molecular weight excluding hydrogens is 331 g/mol. The summed E-state index contributed by atoms with van der Waals surface area (Å²) in [6.45, 7) is 0.576. The Bertz CT molecular complexity index is 717. The maximum Gasteiger partial charge on any atom is 0.433 e. The summed E-state index contributed by atoms with van der Waals surface area (Å²) in [5.41, 5.74) is 0.171. The summed E-state index contributed by atoms with van der Waals surface area (Å²) in [4.78, 5) is 22.0. The van der Waals surface area contributed by atoms with Crippen molar-refractivity contribution in [3.63, 3.8) is 0 Å². The minimum absolute atomic E-state index is 0.0970. The highest BCUT2D eigenvalue weighted by Gasteiger charge is 2.33. The van der Waals surface area contributed by atoms with Crippen molar-refractivity contribution in [1.29, 1.82) is 0 Å². The lowest BCUT2D eigenvalue weighted by atomic mass is 10.0. The Morgan fingerprint density at radius 1 is 1.08 bits per heavy atom. The highest BCUT2D eigenvalue weighted by molar-refractivity contribution is 5.94. The van der Waals surface area contributed by atoms with Gasteiger partial charge in [0.2, 0.25) is 0 Å². The molecule has 0 radical (unpaired) electrons. The Hall–Kier alpha value is -2.44. The third-order valence-electron chi connectivity index (χ3n) is 4.41. The Morgan fingerprint density at radius 3 is 2.48 bits per heavy atom. The van der Waals surface area contributed by atoms with Gasteiger partial charge in [-0.25, -0.2) is 0 Å². The van der Waals surface area contributed by atoms with Crippen molar-refractivity contribution in [3.8, 4) is 0 Å². The smallest absolute Gasteiger partial charge is 0.332 e. The summed E-state index contributed by atoms with van der Waals surface area (Å²) in [6, 6.07) is 5.71. The number of hydrogen-bond acceptors (Lipinski definition) is 3. The van der Waals surface area contributed by atoms with Crippen molar-refractivity contribution in [2.75, 3.05) is 6.54 Å². The normalized spacial score (nSPS) is 18.7. The minimum Gasteiger partial charge on any atom is -0.332 e. The van der Waals surface area contributed by atoms with E-state index >= 15 is 0 Å². The van der Waals surface area contributed by atoms with E-state index in [9.17, 15) is 18.0 Å². The second-order valence-corrected chi connectivity index (χ2v) is 6.07. The van der Waals surface area contributed by atoms with E-state index in [1.54, 1.807) is 17.3 Å². The van der Waals surface area contributed by atoms with Gasteiger partial charge in [0, 0.05) is 25.1 Å². The Balaban J connectivity index is 1.87. The zero-order valence-corrected chi connectivity index (χ0v) is 13.5. The van der Waals surface area contributed by atoms with Gasteiger partial charge in [-0.3, -0.25) is 14.8 Å². The Kier molecular flexibility index (Phi) is 5.01. The second-order valence-electron chi connectivity index (χ2n) is 6.07. The fourth-order valence-corrected chi connectivity index (χ4v) is 3.14. The van der Waals surface area contributed by atoms with Gasteiger partial charge >= 0.3 is 6.18 Å². The number of aromatic nitrogens is 2. The molecule has 3 heterocycles. The highest BCUT2D eigenvalue weighted by atomic mass is 19.4. The van der Waals surface area contributed by atoms with Crippen LogP contribution in [-0.4, -0.2) is 27.3 Å². The molecule has 1 saturated heterocycles. The largest absolute Gasteiger partial charge is 0.433 e. The van der Waals surface area contributed by atoms with Gasteiger partial charge < -0.3 is 4.90 Å². The van der Waals surface area contributed by atoms with Gasteiger partial charge in [0.1, 0.15) is 5.69 Å². The summed E-state index contributed by atoms with van der Waals surface area (Å²) in [6.07, 6.45) is 3.60. The summed E-state index contributed by atoms with van der Waals surface area (Å²) in [5, 5.41) is 0. The molecule has 3 rings (SSSR count). The first-order valence-corrected chi connectivity index (χ1v) is 8.21. The van der Waals surface area contributed by atoms with Crippen LogP contribution < -0.4 is 0 Å². The molecule has 0 aliphatic carbocycles. The molecule has 132 valence electrons. The second kappa shape index (κ2) is 7.21. The summed E-state index contributed by atoms with van der Waals surface area (Å²) >= 11 is 0. The van der Waals surface area contributed by atoms with Crippen molar-refractivity contribution < 1.29 is 18.0 Å². The van der Waals surface area contributed by atoms with E-state index in [4.69, 9.17) is 0 Å². The number of halogens is 3. The lowest BCUT2D eigenvalue weighted by Crippen LogP contribution is -2.35. The molecule has 7 heteroatoms. The molecular formula is C18H18F3N3O. The first kappa shape index (κ1) is 17.4. The van der Waals surface area contributed by atoms with Gasteiger partial charge in [-0.1, -0.05) is 12.8 Å². The molecule has 25 heavy (non-hydrogen) atoms. The Labute approximate surface area is 143 Å². The molecule has 1 fully saturated rings. The van der Waals surface area contributed by atoms with E-state index in [1.165, 1.54) is 6.07 Å². The number of carbonyl (C=O) groups is 1. The number of alkyl halides is 3. The van der Waals surface area contributed by atoms with Gasteiger partial charge in [-0.2, -0.15) is 13.2 Å². The maximum absolute atomic E-state index is 12.9. The van der Waals surface area contributed by atoms with E-state index in [-0.39, 0.29) is 17.5 Å². The maximum atomic E-state index is 12.9. The standard InChI is InChI=1S/C18H18F3N3O/c19-18(20,21)16-6-5-14(12-23-16)17(25)24-11-3-1-2-4-15(24)13-7-9-22-10-8-13/h5-10,12,15H,1-4,11H2/t15-/m1/s1. The predicted octanol–water partition coefficient (Wildman–Crippen LogP) is 4.25. The van der Waals surface area contributed by atoms with Crippen LogP contribution in [0.5, 0.6) is 0 Å². The van der Waals surface area contributed by atoms with Gasteiger partial charge in [0.25, 0.3) is 5.91 Å². The highest BCUT2D eigenvalue weighted by Crippen LogP contribution is 2.32. The molecule has 2 aromatic heterocycles. The number of pyridine rings is 2.